The Morgan fingerprint density at radius 1 is 1.17 bits per heavy atom. The van der Waals surface area contributed by atoms with Crippen LogP contribution in [0.5, 0.6) is 0 Å². The summed E-state index contributed by atoms with van der Waals surface area (Å²) in [7, 11) is 2.13. The fourth-order valence-electron chi connectivity index (χ4n) is 3.06. The molecule has 152 valence electrons. The first-order chi connectivity index (χ1) is 14.0. The number of nitrogens with zero attached hydrogens (tertiary/aromatic N) is 6. The molecule has 0 bridgehead atoms. The zero-order valence-corrected chi connectivity index (χ0v) is 18.2. The Hall–Kier alpha value is -1.97. The van der Waals surface area contributed by atoms with E-state index < -0.39 is 0 Å². The fourth-order valence-corrected chi connectivity index (χ4v) is 3.76. The SMILES string of the molecule is CN1CCN(Cn2ncn(/N=C/c3ccc(-c4ccc(Cl)cc4Cl)o3)c2=S)CC1. The molecule has 0 radical (unpaired) electrons. The lowest BCUT2D eigenvalue weighted by Gasteiger charge is -2.31. The maximum Gasteiger partial charge on any atom is 0.220 e. The van der Waals surface area contributed by atoms with E-state index in [1.165, 1.54) is 0 Å². The van der Waals surface area contributed by atoms with Gasteiger partial charge in [0.2, 0.25) is 4.77 Å². The van der Waals surface area contributed by atoms with Crippen molar-refractivity contribution in [2.75, 3.05) is 33.2 Å². The average Bonchev–Trinajstić information content (AvgIpc) is 3.29. The molecule has 0 unspecified atom stereocenters. The Balaban J connectivity index is 1.45. The van der Waals surface area contributed by atoms with E-state index >= 15 is 0 Å². The van der Waals surface area contributed by atoms with E-state index in [4.69, 9.17) is 39.8 Å². The van der Waals surface area contributed by atoms with Gasteiger partial charge in [0, 0.05) is 36.8 Å². The highest BCUT2D eigenvalue weighted by Gasteiger charge is 2.15. The average molecular weight is 451 g/mol. The zero-order chi connectivity index (χ0) is 20.4. The molecule has 0 saturated carbocycles. The summed E-state index contributed by atoms with van der Waals surface area (Å²) in [5.74, 6) is 1.22. The largest absolute Gasteiger partial charge is 0.455 e. The number of furan rings is 1. The first-order valence-electron chi connectivity index (χ1n) is 9.14. The topological polar surface area (TPSA) is 54.7 Å². The number of halogens is 2. The summed E-state index contributed by atoms with van der Waals surface area (Å²) in [6.45, 7) is 4.75. The summed E-state index contributed by atoms with van der Waals surface area (Å²) in [5, 5.41) is 9.84. The summed E-state index contributed by atoms with van der Waals surface area (Å²) in [4.78, 5) is 4.64. The molecular weight excluding hydrogens is 431 g/mol. The van der Waals surface area contributed by atoms with Crippen molar-refractivity contribution in [1.82, 2.24) is 24.3 Å². The number of rotatable bonds is 5. The standard InChI is InChI=1S/C19H20Cl2N6OS/c1-24-6-8-25(9-7-24)13-27-19(29)26(12-23-27)22-11-15-3-5-18(28-15)16-4-2-14(20)10-17(16)21/h2-5,10-12H,6-9,13H2,1H3/b22-11+. The Kier molecular flexibility index (Phi) is 6.17. The predicted molar refractivity (Wildman–Crippen MR) is 117 cm³/mol. The minimum Gasteiger partial charge on any atom is -0.455 e. The van der Waals surface area contributed by atoms with Gasteiger partial charge in [-0.1, -0.05) is 23.2 Å². The van der Waals surface area contributed by atoms with Crippen LogP contribution in [-0.4, -0.2) is 63.7 Å². The normalized spacial score (nSPS) is 16.1. The fraction of sp³-hybridized carbons (Fsp3) is 0.316. The number of piperazine rings is 1. The monoisotopic (exact) mass is 450 g/mol. The Morgan fingerprint density at radius 3 is 2.72 bits per heavy atom. The number of hydrogen-bond donors (Lipinski definition) is 0. The minimum absolute atomic E-state index is 0.530. The molecule has 0 aliphatic carbocycles. The van der Waals surface area contributed by atoms with E-state index in [0.29, 0.717) is 33.0 Å². The van der Waals surface area contributed by atoms with Crippen LogP contribution in [0.4, 0.5) is 0 Å². The first kappa shape index (κ1) is 20.3. The van der Waals surface area contributed by atoms with E-state index in [2.05, 4.69) is 27.0 Å². The van der Waals surface area contributed by atoms with Gasteiger partial charge in [0.25, 0.3) is 0 Å². The molecule has 0 spiro atoms. The smallest absolute Gasteiger partial charge is 0.220 e. The molecule has 10 heteroatoms. The van der Waals surface area contributed by atoms with Gasteiger partial charge in [0.05, 0.1) is 17.9 Å². The van der Waals surface area contributed by atoms with E-state index in [9.17, 15) is 0 Å². The molecular formula is C19H20Cl2N6OS. The molecule has 0 amide bonds. The molecule has 1 aliphatic heterocycles. The van der Waals surface area contributed by atoms with Gasteiger partial charge in [-0.3, -0.25) is 4.90 Å². The Morgan fingerprint density at radius 2 is 1.97 bits per heavy atom. The van der Waals surface area contributed by atoms with Crippen LogP contribution in [0, 0.1) is 4.77 Å². The van der Waals surface area contributed by atoms with E-state index in [1.807, 2.05) is 18.2 Å². The van der Waals surface area contributed by atoms with E-state index in [-0.39, 0.29) is 0 Å². The molecule has 1 fully saturated rings. The molecule has 2 aromatic heterocycles. The van der Waals surface area contributed by atoms with Gasteiger partial charge >= 0.3 is 0 Å². The molecule has 3 aromatic rings. The van der Waals surface area contributed by atoms with Crippen molar-refractivity contribution in [2.24, 2.45) is 5.10 Å². The summed E-state index contributed by atoms with van der Waals surface area (Å²) in [5.41, 5.74) is 0.771. The Labute approximate surface area is 183 Å². The van der Waals surface area contributed by atoms with E-state index in [0.717, 1.165) is 31.7 Å². The van der Waals surface area contributed by atoms with Crippen molar-refractivity contribution in [3.8, 4) is 11.3 Å². The second kappa shape index (κ2) is 8.81. The van der Waals surface area contributed by atoms with Crippen molar-refractivity contribution >= 4 is 41.6 Å². The number of aromatic nitrogens is 3. The molecule has 3 heterocycles. The maximum atomic E-state index is 6.24. The summed E-state index contributed by atoms with van der Waals surface area (Å²) < 4.78 is 9.70. The second-order valence-corrected chi connectivity index (χ2v) is 8.10. The second-order valence-electron chi connectivity index (χ2n) is 6.89. The van der Waals surface area contributed by atoms with Crippen LogP contribution in [0.3, 0.4) is 0 Å². The van der Waals surface area contributed by atoms with Crippen molar-refractivity contribution in [1.29, 1.82) is 0 Å². The van der Waals surface area contributed by atoms with Gasteiger partial charge in [-0.2, -0.15) is 14.9 Å². The zero-order valence-electron chi connectivity index (χ0n) is 15.8. The molecule has 0 N–H and O–H groups in total. The molecule has 1 aliphatic rings. The lowest BCUT2D eigenvalue weighted by Crippen LogP contribution is -2.45. The van der Waals surface area contributed by atoms with Crippen LogP contribution in [0.2, 0.25) is 10.0 Å². The van der Waals surface area contributed by atoms with Gasteiger partial charge in [-0.15, -0.1) is 0 Å². The highest BCUT2D eigenvalue weighted by atomic mass is 35.5. The van der Waals surface area contributed by atoms with Crippen molar-refractivity contribution in [3.05, 3.63) is 57.2 Å². The lowest BCUT2D eigenvalue weighted by molar-refractivity contribution is 0.118. The van der Waals surface area contributed by atoms with Crippen molar-refractivity contribution in [2.45, 2.75) is 6.67 Å². The van der Waals surface area contributed by atoms with Crippen molar-refractivity contribution < 1.29 is 4.42 Å². The highest BCUT2D eigenvalue weighted by molar-refractivity contribution is 7.71. The van der Waals surface area contributed by atoms with Crippen LogP contribution in [0.25, 0.3) is 11.3 Å². The molecule has 1 saturated heterocycles. The third-order valence-electron chi connectivity index (χ3n) is 4.78. The molecule has 29 heavy (non-hydrogen) atoms. The molecule has 4 rings (SSSR count). The third-order valence-corrected chi connectivity index (χ3v) is 5.73. The van der Waals surface area contributed by atoms with E-state index in [1.54, 1.807) is 34.0 Å². The highest BCUT2D eigenvalue weighted by Crippen LogP contribution is 2.31. The van der Waals surface area contributed by atoms with Gasteiger partial charge in [-0.25, -0.2) is 4.68 Å². The number of likely N-dealkylation sites (N-methyl/N-ethyl adjacent to an activating group) is 1. The van der Waals surface area contributed by atoms with Crippen LogP contribution >= 0.6 is 35.4 Å². The van der Waals surface area contributed by atoms with Crippen LogP contribution in [0.1, 0.15) is 5.76 Å². The molecule has 0 atom stereocenters. The number of hydrogen-bond acceptors (Lipinski definition) is 6. The summed E-state index contributed by atoms with van der Waals surface area (Å²) in [6.07, 6.45) is 3.21. The summed E-state index contributed by atoms with van der Waals surface area (Å²) in [6, 6.07) is 8.94. The maximum absolute atomic E-state index is 6.24. The summed E-state index contributed by atoms with van der Waals surface area (Å²) >= 11 is 17.7. The Bertz CT molecular complexity index is 1080. The number of benzene rings is 1. The van der Waals surface area contributed by atoms with Crippen LogP contribution < -0.4 is 0 Å². The van der Waals surface area contributed by atoms with Gasteiger partial charge in [0.1, 0.15) is 17.8 Å². The first-order valence-corrected chi connectivity index (χ1v) is 10.3. The van der Waals surface area contributed by atoms with Crippen molar-refractivity contribution in [3.63, 3.8) is 0 Å². The van der Waals surface area contributed by atoms with Gasteiger partial charge in [0.15, 0.2) is 0 Å². The quantitative estimate of drug-likeness (QED) is 0.433. The van der Waals surface area contributed by atoms with Crippen LogP contribution in [0.15, 0.2) is 46.2 Å². The van der Waals surface area contributed by atoms with Crippen LogP contribution in [-0.2, 0) is 6.67 Å². The van der Waals surface area contributed by atoms with Gasteiger partial charge in [-0.05, 0) is 49.6 Å². The molecule has 1 aromatic carbocycles. The minimum atomic E-state index is 0.530. The third kappa shape index (κ3) is 4.79. The van der Waals surface area contributed by atoms with Gasteiger partial charge < -0.3 is 9.32 Å². The molecule has 7 nitrogen and oxygen atoms in total. The predicted octanol–water partition coefficient (Wildman–Crippen LogP) is 4.07. The lowest BCUT2D eigenvalue weighted by atomic mass is 10.2.